The fourth-order valence-electron chi connectivity index (χ4n) is 2.35. The van der Waals surface area contributed by atoms with Gasteiger partial charge in [0.15, 0.2) is 0 Å². The smallest absolute Gasteiger partial charge is 0.251 e. The Labute approximate surface area is 113 Å². The number of rotatable bonds is 2. The topological polar surface area (TPSA) is 62.1 Å². The number of ether oxygens (including phenoxy) is 1. The standard InChI is InChI=1S/C15H18N2O2/c1-15(2)9-13(6-7-19-15)17-14(18)12-5-3-4-11(8-12)10-16/h3-5,8,13H,6-7,9H2,1-2H3,(H,17,18). The molecule has 4 heteroatoms. The van der Waals surface area contributed by atoms with Crippen LogP contribution in [0.3, 0.4) is 0 Å². The third-order valence-corrected chi connectivity index (χ3v) is 3.29. The molecule has 1 saturated heterocycles. The molecular weight excluding hydrogens is 240 g/mol. The molecule has 0 spiro atoms. The Kier molecular flexibility index (Phi) is 3.87. The van der Waals surface area contributed by atoms with E-state index >= 15 is 0 Å². The molecule has 4 nitrogen and oxygen atoms in total. The molecular formula is C15H18N2O2. The molecule has 1 atom stereocenters. The highest BCUT2D eigenvalue weighted by atomic mass is 16.5. The van der Waals surface area contributed by atoms with E-state index < -0.39 is 0 Å². The van der Waals surface area contributed by atoms with Gasteiger partial charge in [-0.25, -0.2) is 0 Å². The molecule has 2 rings (SSSR count). The van der Waals surface area contributed by atoms with Gasteiger partial charge in [-0.2, -0.15) is 5.26 Å². The summed E-state index contributed by atoms with van der Waals surface area (Å²) in [4.78, 5) is 12.1. The highest BCUT2D eigenvalue weighted by molar-refractivity contribution is 5.94. The first-order chi connectivity index (χ1) is 9.00. The molecule has 0 radical (unpaired) electrons. The van der Waals surface area contributed by atoms with Crippen molar-refractivity contribution in [2.45, 2.75) is 38.3 Å². The second-order valence-corrected chi connectivity index (χ2v) is 5.46. The zero-order valence-electron chi connectivity index (χ0n) is 11.3. The summed E-state index contributed by atoms with van der Waals surface area (Å²) in [5.74, 6) is -0.125. The number of carbonyl (C=O) groups is 1. The third kappa shape index (κ3) is 3.55. The molecule has 1 fully saturated rings. The van der Waals surface area contributed by atoms with Gasteiger partial charge in [-0.05, 0) is 44.9 Å². The second kappa shape index (κ2) is 5.41. The van der Waals surface area contributed by atoms with Crippen LogP contribution in [0.15, 0.2) is 24.3 Å². The SMILES string of the molecule is CC1(C)CC(NC(=O)c2cccc(C#N)c2)CCO1. The third-order valence-electron chi connectivity index (χ3n) is 3.29. The van der Waals surface area contributed by atoms with Crippen molar-refractivity contribution in [3.63, 3.8) is 0 Å². The van der Waals surface area contributed by atoms with Crippen LogP contribution in [-0.2, 0) is 4.74 Å². The summed E-state index contributed by atoms with van der Waals surface area (Å²) < 4.78 is 5.62. The molecule has 1 heterocycles. The zero-order chi connectivity index (χ0) is 13.9. The van der Waals surface area contributed by atoms with E-state index in [1.807, 2.05) is 19.9 Å². The van der Waals surface area contributed by atoms with Gasteiger partial charge in [0.05, 0.1) is 17.2 Å². The van der Waals surface area contributed by atoms with E-state index in [1.165, 1.54) is 0 Å². The summed E-state index contributed by atoms with van der Waals surface area (Å²) in [6.07, 6.45) is 1.63. The van der Waals surface area contributed by atoms with E-state index in [0.29, 0.717) is 17.7 Å². The maximum atomic E-state index is 12.1. The van der Waals surface area contributed by atoms with Crippen molar-refractivity contribution in [1.82, 2.24) is 5.32 Å². The van der Waals surface area contributed by atoms with Crippen molar-refractivity contribution >= 4 is 5.91 Å². The molecule has 19 heavy (non-hydrogen) atoms. The van der Waals surface area contributed by atoms with Crippen LogP contribution in [0.5, 0.6) is 0 Å². The number of hydrogen-bond acceptors (Lipinski definition) is 3. The number of nitriles is 1. The van der Waals surface area contributed by atoms with Gasteiger partial charge in [0.1, 0.15) is 0 Å². The van der Waals surface area contributed by atoms with Crippen molar-refractivity contribution in [2.75, 3.05) is 6.61 Å². The fourth-order valence-corrected chi connectivity index (χ4v) is 2.35. The minimum Gasteiger partial charge on any atom is -0.375 e. The van der Waals surface area contributed by atoms with Crippen LogP contribution in [0.1, 0.15) is 42.6 Å². The molecule has 1 unspecified atom stereocenters. The Morgan fingerprint density at radius 2 is 2.32 bits per heavy atom. The summed E-state index contributed by atoms with van der Waals surface area (Å²) >= 11 is 0. The van der Waals surface area contributed by atoms with E-state index in [4.69, 9.17) is 10.00 Å². The number of hydrogen-bond donors (Lipinski definition) is 1. The fraction of sp³-hybridized carbons (Fsp3) is 0.467. The average Bonchev–Trinajstić information content (AvgIpc) is 2.37. The Balaban J connectivity index is 2.03. The monoisotopic (exact) mass is 258 g/mol. The molecule has 1 N–H and O–H groups in total. The molecule has 100 valence electrons. The van der Waals surface area contributed by atoms with Gasteiger partial charge in [0.25, 0.3) is 5.91 Å². The van der Waals surface area contributed by atoms with Crippen molar-refractivity contribution in [1.29, 1.82) is 5.26 Å². The first-order valence-corrected chi connectivity index (χ1v) is 6.45. The number of nitrogens with zero attached hydrogens (tertiary/aromatic N) is 1. The van der Waals surface area contributed by atoms with Crippen molar-refractivity contribution in [3.8, 4) is 6.07 Å². The van der Waals surface area contributed by atoms with Gasteiger partial charge in [-0.1, -0.05) is 6.07 Å². The molecule has 0 saturated carbocycles. The van der Waals surface area contributed by atoms with Gasteiger partial charge >= 0.3 is 0 Å². The number of amides is 1. The Hall–Kier alpha value is -1.86. The average molecular weight is 258 g/mol. The summed E-state index contributed by atoms with van der Waals surface area (Å²) in [5.41, 5.74) is 0.841. The van der Waals surface area contributed by atoms with E-state index in [0.717, 1.165) is 12.8 Å². The van der Waals surface area contributed by atoms with Crippen LogP contribution in [-0.4, -0.2) is 24.2 Å². The lowest BCUT2D eigenvalue weighted by Crippen LogP contribution is -2.45. The maximum Gasteiger partial charge on any atom is 0.251 e. The predicted molar refractivity (Wildman–Crippen MR) is 71.7 cm³/mol. The van der Waals surface area contributed by atoms with Gasteiger partial charge < -0.3 is 10.1 Å². The van der Waals surface area contributed by atoms with Gasteiger partial charge in [-0.3, -0.25) is 4.79 Å². The van der Waals surface area contributed by atoms with Crippen LogP contribution in [0.25, 0.3) is 0 Å². The van der Waals surface area contributed by atoms with E-state index in [2.05, 4.69) is 5.32 Å². The van der Waals surface area contributed by atoms with E-state index in [-0.39, 0.29) is 17.6 Å². The second-order valence-electron chi connectivity index (χ2n) is 5.46. The maximum absolute atomic E-state index is 12.1. The Bertz CT molecular complexity index is 517. The number of nitrogens with one attached hydrogen (secondary N) is 1. The Morgan fingerprint density at radius 3 is 3.00 bits per heavy atom. The van der Waals surface area contributed by atoms with E-state index in [9.17, 15) is 4.79 Å². The highest BCUT2D eigenvalue weighted by Gasteiger charge is 2.29. The summed E-state index contributed by atoms with van der Waals surface area (Å²) in [7, 11) is 0. The molecule has 1 aromatic carbocycles. The molecule has 1 aromatic rings. The van der Waals surface area contributed by atoms with Crippen LogP contribution in [0, 0.1) is 11.3 Å². The van der Waals surface area contributed by atoms with Crippen LogP contribution >= 0.6 is 0 Å². The lowest BCUT2D eigenvalue weighted by Gasteiger charge is -2.35. The largest absolute Gasteiger partial charge is 0.375 e. The molecule has 0 aromatic heterocycles. The van der Waals surface area contributed by atoms with Gasteiger partial charge in [-0.15, -0.1) is 0 Å². The predicted octanol–water partition coefficient (Wildman–Crippen LogP) is 2.25. The zero-order valence-corrected chi connectivity index (χ0v) is 11.3. The molecule has 1 aliphatic rings. The van der Waals surface area contributed by atoms with Gasteiger partial charge in [0.2, 0.25) is 0 Å². The lowest BCUT2D eigenvalue weighted by molar-refractivity contribution is -0.0615. The normalized spacial score (nSPS) is 21.4. The van der Waals surface area contributed by atoms with Crippen molar-refractivity contribution in [3.05, 3.63) is 35.4 Å². The molecule has 0 aliphatic carbocycles. The minimum atomic E-state index is -0.190. The molecule has 1 amide bonds. The van der Waals surface area contributed by atoms with Gasteiger partial charge in [0, 0.05) is 18.2 Å². The van der Waals surface area contributed by atoms with Crippen molar-refractivity contribution in [2.24, 2.45) is 0 Å². The summed E-state index contributed by atoms with van der Waals surface area (Å²) in [5, 5.41) is 11.8. The molecule has 0 bridgehead atoms. The first-order valence-electron chi connectivity index (χ1n) is 6.45. The quantitative estimate of drug-likeness (QED) is 0.885. The summed E-state index contributed by atoms with van der Waals surface area (Å²) in [6.45, 7) is 4.72. The minimum absolute atomic E-state index is 0.125. The molecule has 1 aliphatic heterocycles. The van der Waals surface area contributed by atoms with E-state index in [1.54, 1.807) is 24.3 Å². The Morgan fingerprint density at radius 1 is 1.53 bits per heavy atom. The van der Waals surface area contributed by atoms with Crippen LogP contribution in [0.2, 0.25) is 0 Å². The first kappa shape index (κ1) is 13.6. The van der Waals surface area contributed by atoms with Crippen LogP contribution < -0.4 is 5.32 Å². The summed E-state index contributed by atoms with van der Waals surface area (Å²) in [6, 6.07) is 8.91. The number of benzene rings is 1. The number of carbonyl (C=O) groups excluding carboxylic acids is 1. The van der Waals surface area contributed by atoms with Crippen molar-refractivity contribution < 1.29 is 9.53 Å². The highest BCUT2D eigenvalue weighted by Crippen LogP contribution is 2.24. The lowest BCUT2D eigenvalue weighted by atomic mass is 9.93. The van der Waals surface area contributed by atoms with Crippen LogP contribution in [0.4, 0.5) is 0 Å².